The van der Waals surface area contributed by atoms with E-state index in [9.17, 15) is 13.2 Å². The van der Waals surface area contributed by atoms with Crippen LogP contribution in [0.4, 0.5) is 13.2 Å². The van der Waals surface area contributed by atoms with Gasteiger partial charge in [0.05, 0.1) is 12.1 Å². The molecular weight excluding hydrogens is 187 g/mol. The van der Waals surface area contributed by atoms with Gasteiger partial charge in [0.25, 0.3) is 0 Å². The Balaban J connectivity index is 2.77. The molecule has 1 rings (SSSR count). The molecule has 0 atom stereocenters. The topological polar surface area (TPSA) is 12.9 Å². The highest BCUT2D eigenvalue weighted by molar-refractivity contribution is 7.11. The van der Waals surface area contributed by atoms with Crippen molar-refractivity contribution in [2.75, 3.05) is 0 Å². The van der Waals surface area contributed by atoms with Crippen LogP contribution in [0, 0.1) is 13.8 Å². The van der Waals surface area contributed by atoms with Gasteiger partial charge in [-0.25, -0.2) is 4.98 Å². The van der Waals surface area contributed by atoms with E-state index < -0.39 is 12.6 Å². The van der Waals surface area contributed by atoms with Crippen molar-refractivity contribution >= 4 is 11.3 Å². The van der Waals surface area contributed by atoms with Gasteiger partial charge in [0.15, 0.2) is 0 Å². The van der Waals surface area contributed by atoms with E-state index in [1.807, 2.05) is 0 Å². The molecule has 1 nitrogen and oxygen atoms in total. The van der Waals surface area contributed by atoms with Crippen molar-refractivity contribution < 1.29 is 13.2 Å². The lowest BCUT2D eigenvalue weighted by molar-refractivity contribution is -0.127. The summed E-state index contributed by atoms with van der Waals surface area (Å²) in [6, 6.07) is 0. The predicted molar refractivity (Wildman–Crippen MR) is 41.3 cm³/mol. The molecule has 1 aromatic rings. The van der Waals surface area contributed by atoms with Crippen LogP contribution in [0.3, 0.4) is 0 Å². The smallest absolute Gasteiger partial charge is 0.246 e. The van der Waals surface area contributed by atoms with Crippen LogP contribution >= 0.6 is 11.3 Å². The molecule has 0 bridgehead atoms. The van der Waals surface area contributed by atoms with E-state index in [2.05, 4.69) is 4.98 Å². The van der Waals surface area contributed by atoms with Crippen LogP contribution in [0.15, 0.2) is 0 Å². The molecule has 0 N–H and O–H groups in total. The van der Waals surface area contributed by atoms with Crippen LogP contribution in [-0.2, 0) is 6.42 Å². The van der Waals surface area contributed by atoms with E-state index in [1.54, 1.807) is 13.8 Å². The van der Waals surface area contributed by atoms with E-state index in [0.717, 1.165) is 16.2 Å². The molecule has 0 amide bonds. The first-order valence-electron chi connectivity index (χ1n) is 3.38. The molecule has 0 spiro atoms. The summed E-state index contributed by atoms with van der Waals surface area (Å²) in [5, 5.41) is 0.150. The van der Waals surface area contributed by atoms with Crippen molar-refractivity contribution in [2.24, 2.45) is 0 Å². The summed E-state index contributed by atoms with van der Waals surface area (Å²) in [6.07, 6.45) is -5.05. The van der Waals surface area contributed by atoms with Gasteiger partial charge >= 0.3 is 6.18 Å². The zero-order valence-corrected chi connectivity index (χ0v) is 7.51. The maximum absolute atomic E-state index is 11.8. The molecule has 0 saturated carbocycles. The Morgan fingerprint density at radius 1 is 1.33 bits per heavy atom. The summed E-state index contributed by atoms with van der Waals surface area (Å²) < 4.78 is 35.5. The van der Waals surface area contributed by atoms with Crippen LogP contribution in [0.2, 0.25) is 0 Å². The fraction of sp³-hybridized carbons (Fsp3) is 0.571. The number of aromatic nitrogens is 1. The first-order chi connectivity index (χ1) is 5.38. The Labute approximate surface area is 72.2 Å². The molecule has 1 aromatic heterocycles. The van der Waals surface area contributed by atoms with Gasteiger partial charge in [-0.3, -0.25) is 0 Å². The molecule has 12 heavy (non-hydrogen) atoms. The average molecular weight is 195 g/mol. The zero-order chi connectivity index (χ0) is 9.35. The quantitative estimate of drug-likeness (QED) is 0.671. The molecule has 0 unspecified atom stereocenters. The fourth-order valence-corrected chi connectivity index (χ4v) is 1.75. The summed E-state index contributed by atoms with van der Waals surface area (Å²) in [6.45, 7) is 3.48. The van der Waals surface area contributed by atoms with E-state index >= 15 is 0 Å². The molecule has 0 radical (unpaired) electrons. The Kier molecular flexibility index (Phi) is 2.41. The highest BCUT2D eigenvalue weighted by Gasteiger charge is 2.29. The number of alkyl halides is 3. The van der Waals surface area contributed by atoms with Gasteiger partial charge in [0, 0.05) is 4.88 Å². The summed E-state index contributed by atoms with van der Waals surface area (Å²) in [5.74, 6) is 0. The first-order valence-corrected chi connectivity index (χ1v) is 4.20. The van der Waals surface area contributed by atoms with Crippen molar-refractivity contribution in [3.8, 4) is 0 Å². The summed E-state index contributed by atoms with van der Waals surface area (Å²) in [5.41, 5.74) is 0.694. The lowest BCUT2D eigenvalue weighted by atomic mass is 10.4. The number of thiazole rings is 1. The maximum atomic E-state index is 11.8. The van der Waals surface area contributed by atoms with Crippen LogP contribution < -0.4 is 0 Å². The molecule has 0 fully saturated rings. The first kappa shape index (κ1) is 9.51. The summed E-state index contributed by atoms with van der Waals surface area (Å²) in [7, 11) is 0. The number of aryl methyl sites for hydroxylation is 2. The van der Waals surface area contributed by atoms with Crippen molar-refractivity contribution in [1.29, 1.82) is 0 Å². The van der Waals surface area contributed by atoms with Gasteiger partial charge in [-0.2, -0.15) is 13.2 Å². The Morgan fingerprint density at radius 2 is 1.92 bits per heavy atom. The zero-order valence-electron chi connectivity index (χ0n) is 6.70. The van der Waals surface area contributed by atoms with Crippen molar-refractivity contribution in [3.05, 3.63) is 15.6 Å². The van der Waals surface area contributed by atoms with Gasteiger partial charge in [-0.05, 0) is 13.8 Å². The van der Waals surface area contributed by atoms with E-state index in [1.165, 1.54) is 0 Å². The van der Waals surface area contributed by atoms with Gasteiger partial charge in [-0.1, -0.05) is 0 Å². The second kappa shape index (κ2) is 3.05. The standard InChI is InChI=1S/C7H8F3NS/c1-4-5(2)12-6(11-4)3-7(8,9)10/h3H2,1-2H3. The van der Waals surface area contributed by atoms with Gasteiger partial charge in [0.1, 0.15) is 5.01 Å². The number of rotatable bonds is 1. The molecule has 0 saturated heterocycles. The fourth-order valence-electron chi connectivity index (χ4n) is 0.786. The van der Waals surface area contributed by atoms with Gasteiger partial charge < -0.3 is 0 Å². The lowest BCUT2D eigenvalue weighted by Crippen LogP contribution is -2.11. The molecule has 68 valence electrons. The Bertz CT molecular complexity index is 257. The van der Waals surface area contributed by atoms with Crippen LogP contribution in [0.5, 0.6) is 0 Å². The normalized spacial score (nSPS) is 12.1. The highest BCUT2D eigenvalue weighted by atomic mass is 32.1. The lowest BCUT2D eigenvalue weighted by Gasteiger charge is -2.01. The minimum atomic E-state index is -4.14. The second-order valence-corrected chi connectivity index (χ2v) is 3.83. The van der Waals surface area contributed by atoms with E-state index in [4.69, 9.17) is 0 Å². The molecule has 0 aliphatic carbocycles. The van der Waals surface area contributed by atoms with Crippen molar-refractivity contribution in [2.45, 2.75) is 26.4 Å². The molecule has 5 heteroatoms. The monoisotopic (exact) mass is 195 g/mol. The minimum Gasteiger partial charge on any atom is -0.246 e. The summed E-state index contributed by atoms with van der Waals surface area (Å²) in [4.78, 5) is 4.65. The van der Waals surface area contributed by atoms with Crippen LogP contribution in [0.1, 0.15) is 15.6 Å². The average Bonchev–Trinajstić information content (AvgIpc) is 2.07. The maximum Gasteiger partial charge on any atom is 0.395 e. The summed E-state index contributed by atoms with van der Waals surface area (Å²) >= 11 is 1.11. The third kappa shape index (κ3) is 2.48. The molecule has 0 aliphatic rings. The number of halogens is 3. The third-order valence-corrected chi connectivity index (χ3v) is 2.50. The Morgan fingerprint density at radius 3 is 2.25 bits per heavy atom. The van der Waals surface area contributed by atoms with Crippen LogP contribution in [-0.4, -0.2) is 11.2 Å². The molecule has 0 aliphatic heterocycles. The van der Waals surface area contributed by atoms with E-state index in [0.29, 0.717) is 5.69 Å². The minimum absolute atomic E-state index is 0.150. The van der Waals surface area contributed by atoms with Gasteiger partial charge in [0.2, 0.25) is 0 Å². The third-order valence-electron chi connectivity index (χ3n) is 1.42. The number of hydrogen-bond acceptors (Lipinski definition) is 2. The van der Waals surface area contributed by atoms with Crippen molar-refractivity contribution in [1.82, 2.24) is 4.98 Å². The molecule has 0 aromatic carbocycles. The second-order valence-electron chi connectivity index (χ2n) is 2.54. The molecular formula is C7H8F3NS. The van der Waals surface area contributed by atoms with Gasteiger partial charge in [-0.15, -0.1) is 11.3 Å². The number of hydrogen-bond donors (Lipinski definition) is 0. The Hall–Kier alpha value is -0.580. The SMILES string of the molecule is Cc1nc(CC(F)(F)F)sc1C. The van der Waals surface area contributed by atoms with E-state index in [-0.39, 0.29) is 5.01 Å². The van der Waals surface area contributed by atoms with Crippen molar-refractivity contribution in [3.63, 3.8) is 0 Å². The predicted octanol–water partition coefficient (Wildman–Crippen LogP) is 2.86. The largest absolute Gasteiger partial charge is 0.395 e. The van der Waals surface area contributed by atoms with Crippen LogP contribution in [0.25, 0.3) is 0 Å². The highest BCUT2D eigenvalue weighted by Crippen LogP contribution is 2.25. The molecule has 1 heterocycles. The number of nitrogens with zero attached hydrogens (tertiary/aromatic N) is 1.